The van der Waals surface area contributed by atoms with E-state index in [2.05, 4.69) is 10.6 Å². The van der Waals surface area contributed by atoms with Crippen molar-refractivity contribution < 1.29 is 23.9 Å². The first-order valence-electron chi connectivity index (χ1n) is 7.36. The highest BCUT2D eigenvalue weighted by Gasteiger charge is 2.18. The molecule has 0 heterocycles. The van der Waals surface area contributed by atoms with Crippen LogP contribution in [0.1, 0.15) is 30.6 Å². The van der Waals surface area contributed by atoms with E-state index in [1.165, 1.54) is 7.11 Å². The first-order chi connectivity index (χ1) is 11.0. The summed E-state index contributed by atoms with van der Waals surface area (Å²) in [5.41, 5.74) is 0.233. The number of nitrogens with one attached hydrogen (secondary N) is 2. The number of hydrogen-bond acceptors (Lipinski definition) is 5. The second-order valence-electron chi connectivity index (χ2n) is 4.86. The number of carbonyl (C=O) groups is 3. The lowest BCUT2D eigenvalue weighted by Crippen LogP contribution is -2.46. The first kappa shape index (κ1) is 18.5. The second-order valence-corrected chi connectivity index (χ2v) is 4.86. The van der Waals surface area contributed by atoms with E-state index in [0.29, 0.717) is 12.3 Å². The van der Waals surface area contributed by atoms with Crippen molar-refractivity contribution in [3.63, 3.8) is 0 Å². The topological polar surface area (TPSA) is 93.7 Å². The number of benzene rings is 1. The zero-order valence-corrected chi connectivity index (χ0v) is 13.5. The Bertz CT molecular complexity index is 559. The molecule has 0 fully saturated rings. The first-order valence-corrected chi connectivity index (χ1v) is 7.36. The lowest BCUT2D eigenvalue weighted by molar-refractivity contribution is -0.130. The number of methoxy groups -OCH3 is 1. The van der Waals surface area contributed by atoms with Crippen molar-refractivity contribution in [2.24, 2.45) is 0 Å². The summed E-state index contributed by atoms with van der Waals surface area (Å²) in [5.74, 6) is -1.13. The van der Waals surface area contributed by atoms with Gasteiger partial charge in [0.1, 0.15) is 17.4 Å². The van der Waals surface area contributed by atoms with Crippen LogP contribution in [0.15, 0.2) is 24.3 Å². The average Bonchev–Trinajstić information content (AvgIpc) is 2.57. The molecule has 1 aromatic carbocycles. The minimum absolute atomic E-state index is 0.233. The van der Waals surface area contributed by atoms with Gasteiger partial charge in [-0.25, -0.2) is 4.79 Å². The maximum absolute atomic E-state index is 11.9. The zero-order chi connectivity index (χ0) is 17.2. The van der Waals surface area contributed by atoms with Crippen LogP contribution in [0.4, 0.5) is 0 Å². The summed E-state index contributed by atoms with van der Waals surface area (Å²) in [7, 11) is 1.44. The molecule has 2 amide bonds. The van der Waals surface area contributed by atoms with Gasteiger partial charge in [0.15, 0.2) is 6.61 Å². The van der Waals surface area contributed by atoms with Gasteiger partial charge in [-0.3, -0.25) is 9.59 Å². The summed E-state index contributed by atoms with van der Waals surface area (Å²) in [6.45, 7) is 3.57. The molecule has 0 spiro atoms. The van der Waals surface area contributed by atoms with Gasteiger partial charge in [-0.05, 0) is 25.5 Å². The maximum Gasteiger partial charge on any atom is 0.342 e. The molecule has 126 valence electrons. The largest absolute Gasteiger partial charge is 0.496 e. The Labute approximate surface area is 135 Å². The zero-order valence-electron chi connectivity index (χ0n) is 13.5. The van der Waals surface area contributed by atoms with Gasteiger partial charge in [0.25, 0.3) is 5.91 Å². The van der Waals surface area contributed by atoms with Crippen molar-refractivity contribution in [1.82, 2.24) is 10.6 Å². The number of ether oxygens (including phenoxy) is 2. The van der Waals surface area contributed by atoms with Crippen LogP contribution in [0.25, 0.3) is 0 Å². The van der Waals surface area contributed by atoms with E-state index in [-0.39, 0.29) is 11.5 Å². The number of carbonyl (C=O) groups excluding carboxylic acids is 3. The number of para-hydroxylation sites is 1. The van der Waals surface area contributed by atoms with E-state index in [1.807, 2.05) is 6.92 Å². The Morgan fingerprint density at radius 3 is 2.57 bits per heavy atom. The fraction of sp³-hybridized carbons (Fsp3) is 0.438. The second kappa shape index (κ2) is 9.45. The van der Waals surface area contributed by atoms with Crippen molar-refractivity contribution in [3.8, 4) is 5.75 Å². The maximum atomic E-state index is 11.9. The quantitative estimate of drug-likeness (QED) is 0.693. The monoisotopic (exact) mass is 322 g/mol. The third kappa shape index (κ3) is 5.98. The third-order valence-electron chi connectivity index (χ3n) is 2.98. The molecule has 0 unspecified atom stereocenters. The lowest BCUT2D eigenvalue weighted by atomic mass is 10.2. The van der Waals surface area contributed by atoms with Gasteiger partial charge in [0.2, 0.25) is 5.91 Å². The Hall–Kier alpha value is -2.57. The van der Waals surface area contributed by atoms with Crippen molar-refractivity contribution in [2.75, 3.05) is 20.3 Å². The van der Waals surface area contributed by atoms with E-state index < -0.39 is 24.5 Å². The van der Waals surface area contributed by atoms with Crippen molar-refractivity contribution in [3.05, 3.63) is 29.8 Å². The summed E-state index contributed by atoms with van der Waals surface area (Å²) < 4.78 is 9.98. The third-order valence-corrected chi connectivity index (χ3v) is 2.98. The van der Waals surface area contributed by atoms with E-state index in [9.17, 15) is 14.4 Å². The Morgan fingerprint density at radius 1 is 1.22 bits per heavy atom. The van der Waals surface area contributed by atoms with Crippen molar-refractivity contribution >= 4 is 17.8 Å². The molecule has 1 aromatic rings. The Kier molecular flexibility index (Phi) is 7.59. The standard InChI is InChI=1S/C16H22N2O5/c1-4-9-17-15(20)11(2)18-14(19)10-23-16(21)12-7-5-6-8-13(12)22-3/h5-8,11H,4,9-10H2,1-3H3,(H,17,20)(H,18,19)/t11-/m0/s1. The molecular formula is C16H22N2O5. The molecule has 0 aromatic heterocycles. The summed E-state index contributed by atoms with van der Waals surface area (Å²) >= 11 is 0. The Morgan fingerprint density at radius 2 is 1.91 bits per heavy atom. The minimum Gasteiger partial charge on any atom is -0.496 e. The molecule has 0 radical (unpaired) electrons. The van der Waals surface area contributed by atoms with Crippen molar-refractivity contribution in [2.45, 2.75) is 26.3 Å². The molecule has 0 aliphatic heterocycles. The summed E-state index contributed by atoms with van der Waals surface area (Å²) in [4.78, 5) is 35.3. The molecule has 0 saturated carbocycles. The Balaban J connectivity index is 2.46. The molecular weight excluding hydrogens is 300 g/mol. The van der Waals surface area contributed by atoms with E-state index in [1.54, 1.807) is 31.2 Å². The van der Waals surface area contributed by atoms with Crippen LogP contribution in [0.3, 0.4) is 0 Å². The predicted octanol–water partition coefficient (Wildman–Crippen LogP) is 0.883. The SMILES string of the molecule is CCCNC(=O)[C@H](C)NC(=O)COC(=O)c1ccccc1OC. The highest BCUT2D eigenvalue weighted by atomic mass is 16.5. The molecule has 7 heteroatoms. The van der Waals surface area contributed by atoms with E-state index >= 15 is 0 Å². The molecule has 0 bridgehead atoms. The highest BCUT2D eigenvalue weighted by molar-refractivity contribution is 5.94. The normalized spacial score (nSPS) is 11.3. The fourth-order valence-corrected chi connectivity index (χ4v) is 1.77. The van der Waals surface area contributed by atoms with Gasteiger partial charge in [0, 0.05) is 6.54 Å². The van der Waals surface area contributed by atoms with Gasteiger partial charge < -0.3 is 20.1 Å². The number of amides is 2. The van der Waals surface area contributed by atoms with Crippen molar-refractivity contribution in [1.29, 1.82) is 0 Å². The van der Waals surface area contributed by atoms with Gasteiger partial charge in [0.05, 0.1) is 7.11 Å². The van der Waals surface area contributed by atoms with Gasteiger partial charge >= 0.3 is 5.97 Å². The molecule has 2 N–H and O–H groups in total. The van der Waals surface area contributed by atoms with Crippen LogP contribution in [-0.2, 0) is 14.3 Å². The molecule has 1 atom stereocenters. The fourth-order valence-electron chi connectivity index (χ4n) is 1.77. The summed E-state index contributed by atoms with van der Waals surface area (Å²) in [6.07, 6.45) is 0.808. The molecule has 0 saturated heterocycles. The van der Waals surface area contributed by atoms with Gasteiger partial charge in [-0.15, -0.1) is 0 Å². The highest BCUT2D eigenvalue weighted by Crippen LogP contribution is 2.17. The smallest absolute Gasteiger partial charge is 0.342 e. The molecule has 0 aliphatic carbocycles. The summed E-state index contributed by atoms with van der Waals surface area (Å²) in [6, 6.07) is 5.86. The lowest BCUT2D eigenvalue weighted by Gasteiger charge is -2.14. The minimum atomic E-state index is -0.695. The van der Waals surface area contributed by atoms with Crippen LogP contribution in [-0.4, -0.2) is 44.1 Å². The van der Waals surface area contributed by atoms with Crippen LogP contribution >= 0.6 is 0 Å². The molecule has 0 aliphatic rings. The molecule has 7 nitrogen and oxygen atoms in total. The number of esters is 1. The number of rotatable bonds is 8. The van der Waals surface area contributed by atoms with E-state index in [0.717, 1.165) is 6.42 Å². The van der Waals surface area contributed by atoms with Crippen LogP contribution in [0, 0.1) is 0 Å². The van der Waals surface area contributed by atoms with Crippen LogP contribution in [0.5, 0.6) is 5.75 Å². The molecule has 23 heavy (non-hydrogen) atoms. The van der Waals surface area contributed by atoms with Crippen LogP contribution < -0.4 is 15.4 Å². The average molecular weight is 322 g/mol. The number of hydrogen-bond donors (Lipinski definition) is 2. The summed E-state index contributed by atoms with van der Waals surface area (Å²) in [5, 5.41) is 5.13. The van der Waals surface area contributed by atoms with Gasteiger partial charge in [-0.2, -0.15) is 0 Å². The predicted molar refractivity (Wildman–Crippen MR) is 84.2 cm³/mol. The van der Waals surface area contributed by atoms with Crippen LogP contribution in [0.2, 0.25) is 0 Å². The van der Waals surface area contributed by atoms with E-state index in [4.69, 9.17) is 9.47 Å². The van der Waals surface area contributed by atoms with Gasteiger partial charge in [-0.1, -0.05) is 19.1 Å². The molecule has 1 rings (SSSR count).